The minimum absolute atomic E-state index is 0. The number of hydrogen-bond acceptors (Lipinski definition) is 5. The zero-order valence-corrected chi connectivity index (χ0v) is 7.50. The molecule has 0 amide bonds. The largest absolute Gasteiger partial charge is 0.344 e. The van der Waals surface area contributed by atoms with Crippen LogP contribution in [0.3, 0.4) is 0 Å². The third-order valence-electron chi connectivity index (χ3n) is 0.552. The summed E-state index contributed by atoms with van der Waals surface area (Å²) < 4.78 is 0. The van der Waals surface area contributed by atoms with Gasteiger partial charge in [0.2, 0.25) is 0 Å². The molecule has 0 radical (unpaired) electrons. The lowest BCUT2D eigenvalue weighted by Crippen LogP contribution is -2.08. The van der Waals surface area contributed by atoms with Crippen molar-refractivity contribution in [1.82, 2.24) is 11.1 Å². The average molecular weight is 166 g/mol. The Hall–Kier alpha value is -0.200. The van der Waals surface area contributed by atoms with Crippen molar-refractivity contribution in [3.63, 3.8) is 0 Å². The maximum Gasteiger partial charge on any atom is 0.0877 e. The van der Waals surface area contributed by atoms with Crippen molar-refractivity contribution in [1.29, 1.82) is 0 Å². The van der Waals surface area contributed by atoms with Crippen LogP contribution in [0.4, 0.5) is 0 Å². The Bertz CT molecular complexity index is 52.6. The molecule has 3 N–H and O–H groups in total. The number of rotatable bonds is 0. The van der Waals surface area contributed by atoms with E-state index in [4.69, 9.17) is 0 Å². The summed E-state index contributed by atoms with van der Waals surface area (Å²) in [5.41, 5.74) is 0. The van der Waals surface area contributed by atoms with Crippen molar-refractivity contribution >= 4 is 0 Å². The summed E-state index contributed by atoms with van der Waals surface area (Å²) in [5.74, 6) is 0. The van der Waals surface area contributed by atoms with Crippen molar-refractivity contribution in [2.24, 2.45) is 0 Å². The molecule has 0 spiro atoms. The Morgan fingerprint density at radius 2 is 1.36 bits per heavy atom. The Morgan fingerprint density at radius 3 is 1.45 bits per heavy atom. The van der Waals surface area contributed by atoms with Crippen molar-refractivity contribution < 1.29 is 14.8 Å². The molecule has 0 aromatic heterocycles. The van der Waals surface area contributed by atoms with Crippen LogP contribution in [0.2, 0.25) is 0 Å². The quantitative estimate of drug-likeness (QED) is 0.534. The highest BCUT2D eigenvalue weighted by molar-refractivity contribution is 4.28. The van der Waals surface area contributed by atoms with Gasteiger partial charge >= 0.3 is 0 Å². The predicted molar refractivity (Wildman–Crippen MR) is 42.2 cm³/mol. The molecule has 1 rings (SSSR count). The van der Waals surface area contributed by atoms with Crippen LogP contribution in [0.5, 0.6) is 0 Å². The van der Waals surface area contributed by atoms with Gasteiger partial charge < -0.3 is 11.1 Å². The molecule has 0 unspecified atom stereocenters. The lowest BCUT2D eigenvalue weighted by Gasteiger charge is -2.06. The molecule has 0 saturated carbocycles. The lowest BCUT2D eigenvalue weighted by atomic mass is 10.5. The third kappa shape index (κ3) is 17.7. The SMILES string of the molecule is C1COOOC1.CN(C)C.N. The van der Waals surface area contributed by atoms with Crippen LogP contribution in [0.1, 0.15) is 6.42 Å². The zero-order chi connectivity index (χ0) is 7.82. The Balaban J connectivity index is 0. The van der Waals surface area contributed by atoms with E-state index in [-0.39, 0.29) is 6.15 Å². The minimum Gasteiger partial charge on any atom is -0.344 e. The first-order valence-electron chi connectivity index (χ1n) is 3.25. The van der Waals surface area contributed by atoms with Crippen molar-refractivity contribution in [3.8, 4) is 0 Å². The van der Waals surface area contributed by atoms with E-state index in [9.17, 15) is 0 Å². The molecule has 5 heteroatoms. The summed E-state index contributed by atoms with van der Waals surface area (Å²) in [5, 5.41) is 4.07. The molecule has 1 saturated heterocycles. The Labute approximate surface area is 67.7 Å². The van der Waals surface area contributed by atoms with Crippen LogP contribution in [0.25, 0.3) is 0 Å². The van der Waals surface area contributed by atoms with Gasteiger partial charge in [-0.15, -0.1) is 0 Å². The predicted octanol–water partition coefficient (Wildman–Crippen LogP) is 0.610. The molecule has 0 aromatic rings. The van der Waals surface area contributed by atoms with Crippen LogP contribution < -0.4 is 6.15 Å². The van der Waals surface area contributed by atoms with Gasteiger partial charge in [0.1, 0.15) is 0 Å². The molecule has 1 aliphatic heterocycles. The first-order valence-corrected chi connectivity index (χ1v) is 3.25. The molecule has 0 aromatic carbocycles. The highest BCUT2D eigenvalue weighted by Crippen LogP contribution is 1.93. The Kier molecular flexibility index (Phi) is 11.9. The molecule has 1 fully saturated rings. The molecule has 5 nitrogen and oxygen atoms in total. The molecule has 1 heterocycles. The topological polar surface area (TPSA) is 65.9 Å². The average Bonchev–Trinajstić information content (AvgIpc) is 1.90. The first-order chi connectivity index (χ1) is 4.73. The highest BCUT2D eigenvalue weighted by atomic mass is 17.5. The van der Waals surface area contributed by atoms with Crippen LogP contribution in [-0.2, 0) is 14.8 Å². The maximum atomic E-state index is 4.35. The summed E-state index contributed by atoms with van der Waals surface area (Å²) in [6, 6.07) is 0. The number of nitrogens with zero attached hydrogens (tertiary/aromatic N) is 1. The van der Waals surface area contributed by atoms with Gasteiger partial charge in [0.15, 0.2) is 0 Å². The van der Waals surface area contributed by atoms with E-state index in [1.165, 1.54) is 0 Å². The van der Waals surface area contributed by atoms with Crippen LogP contribution in [0, 0.1) is 0 Å². The summed E-state index contributed by atoms with van der Waals surface area (Å²) in [4.78, 5) is 10.7. The van der Waals surface area contributed by atoms with Crippen LogP contribution in [-0.4, -0.2) is 39.3 Å². The van der Waals surface area contributed by atoms with E-state index in [0.29, 0.717) is 13.2 Å². The maximum absolute atomic E-state index is 4.35. The molecule has 11 heavy (non-hydrogen) atoms. The molecule has 1 aliphatic rings. The number of hydrogen-bond donors (Lipinski definition) is 1. The van der Waals surface area contributed by atoms with Crippen molar-refractivity contribution in [2.75, 3.05) is 34.4 Å². The fraction of sp³-hybridized carbons (Fsp3) is 1.00. The summed E-state index contributed by atoms with van der Waals surface area (Å²) in [6.07, 6.45) is 0.931. The van der Waals surface area contributed by atoms with Crippen LogP contribution >= 0.6 is 0 Å². The van der Waals surface area contributed by atoms with E-state index in [1.54, 1.807) is 0 Å². The van der Waals surface area contributed by atoms with Gasteiger partial charge in [-0.1, -0.05) is 5.04 Å². The minimum atomic E-state index is 0. The van der Waals surface area contributed by atoms with E-state index in [0.717, 1.165) is 6.42 Å². The monoisotopic (exact) mass is 166 g/mol. The second kappa shape index (κ2) is 9.80. The summed E-state index contributed by atoms with van der Waals surface area (Å²) in [6.45, 7) is 1.31. The fourth-order valence-electron chi connectivity index (χ4n) is 0.279. The van der Waals surface area contributed by atoms with Gasteiger partial charge in [0.05, 0.1) is 13.2 Å². The van der Waals surface area contributed by atoms with Gasteiger partial charge in [-0.05, 0) is 21.1 Å². The third-order valence-corrected chi connectivity index (χ3v) is 0.552. The fourth-order valence-corrected chi connectivity index (χ4v) is 0.279. The van der Waals surface area contributed by atoms with Crippen molar-refractivity contribution in [3.05, 3.63) is 0 Å². The van der Waals surface area contributed by atoms with E-state index in [2.05, 4.69) is 14.8 Å². The van der Waals surface area contributed by atoms with E-state index in [1.807, 2.05) is 26.0 Å². The molecule has 70 valence electrons. The standard InChI is InChI=1S/C3H9N.C3H6O3.H3N/c1-4(2)3;1-2-4-6-5-3-1;/h1-3H3;1-3H2;1H3. The summed E-state index contributed by atoms with van der Waals surface area (Å²) in [7, 11) is 6.00. The second-order valence-electron chi connectivity index (χ2n) is 2.41. The zero-order valence-electron chi connectivity index (χ0n) is 7.50. The normalized spacial score (nSPS) is 16.4. The molecular formula is C6H18N2O3. The van der Waals surface area contributed by atoms with Gasteiger partial charge in [-0.3, -0.25) is 0 Å². The van der Waals surface area contributed by atoms with Gasteiger partial charge in [-0.2, -0.15) is 0 Å². The molecular weight excluding hydrogens is 148 g/mol. The smallest absolute Gasteiger partial charge is 0.0877 e. The van der Waals surface area contributed by atoms with Crippen molar-refractivity contribution in [2.45, 2.75) is 6.42 Å². The molecule has 0 aliphatic carbocycles. The lowest BCUT2D eigenvalue weighted by molar-refractivity contribution is -0.532. The van der Waals surface area contributed by atoms with Gasteiger partial charge in [0.25, 0.3) is 0 Å². The molecule has 0 bridgehead atoms. The Morgan fingerprint density at radius 1 is 1.00 bits per heavy atom. The summed E-state index contributed by atoms with van der Waals surface area (Å²) >= 11 is 0. The second-order valence-corrected chi connectivity index (χ2v) is 2.41. The first kappa shape index (κ1) is 13.4. The van der Waals surface area contributed by atoms with Gasteiger partial charge in [-0.25, -0.2) is 9.78 Å². The van der Waals surface area contributed by atoms with E-state index < -0.39 is 0 Å². The van der Waals surface area contributed by atoms with Gasteiger partial charge in [0, 0.05) is 6.42 Å². The molecule has 0 atom stereocenters. The van der Waals surface area contributed by atoms with E-state index >= 15 is 0 Å². The highest BCUT2D eigenvalue weighted by Gasteiger charge is 1.96. The van der Waals surface area contributed by atoms with Crippen LogP contribution in [0.15, 0.2) is 0 Å².